The summed E-state index contributed by atoms with van der Waals surface area (Å²) in [5.74, 6) is -0.0292. The molecule has 3 rings (SSSR count). The predicted molar refractivity (Wildman–Crippen MR) is 103 cm³/mol. The number of aromatic nitrogens is 1. The van der Waals surface area contributed by atoms with Crippen molar-refractivity contribution >= 4 is 16.8 Å². The monoisotopic (exact) mass is 339 g/mol. The average Bonchev–Trinajstić information content (AvgIpc) is 2.60. The maximum absolute atomic E-state index is 12.8. The van der Waals surface area contributed by atoms with Crippen LogP contribution in [0.4, 0.5) is 0 Å². The van der Waals surface area contributed by atoms with Crippen molar-refractivity contribution in [1.82, 2.24) is 15.2 Å². The molecule has 2 aromatic rings. The number of rotatable bonds is 4. The molecule has 1 aliphatic heterocycles. The summed E-state index contributed by atoms with van der Waals surface area (Å²) in [6.07, 6.45) is 3.83. The fraction of sp³-hybridized carbons (Fsp3) is 0.524. The lowest BCUT2D eigenvalue weighted by molar-refractivity contribution is 0.0797. The molecule has 0 spiro atoms. The van der Waals surface area contributed by atoms with E-state index in [4.69, 9.17) is 0 Å². The number of carbonyl (C=O) groups is 1. The van der Waals surface area contributed by atoms with Gasteiger partial charge in [-0.25, -0.2) is 0 Å². The van der Waals surface area contributed by atoms with Crippen molar-refractivity contribution < 1.29 is 4.79 Å². The lowest BCUT2D eigenvalue weighted by atomic mass is 9.98. The number of pyridine rings is 1. The molecule has 0 aliphatic carbocycles. The van der Waals surface area contributed by atoms with Crippen molar-refractivity contribution in [2.45, 2.75) is 52.5 Å². The molecule has 0 saturated carbocycles. The summed E-state index contributed by atoms with van der Waals surface area (Å²) in [4.78, 5) is 19.8. The van der Waals surface area contributed by atoms with Gasteiger partial charge in [0.1, 0.15) is 0 Å². The number of carbonyl (C=O) groups excluding carboxylic acids is 1. The van der Waals surface area contributed by atoms with Crippen LogP contribution in [0.15, 0.2) is 24.3 Å². The first kappa shape index (κ1) is 17.9. The van der Waals surface area contributed by atoms with Gasteiger partial charge in [0, 0.05) is 17.5 Å². The van der Waals surface area contributed by atoms with Gasteiger partial charge in [-0.05, 0) is 71.8 Å². The molecular formula is C21H29N3O. The molecule has 4 nitrogen and oxygen atoms in total. The van der Waals surface area contributed by atoms with Crippen LogP contribution in [0.1, 0.15) is 54.7 Å². The van der Waals surface area contributed by atoms with E-state index in [2.05, 4.69) is 48.1 Å². The fourth-order valence-electron chi connectivity index (χ4n) is 3.62. The number of hydrogen-bond donors (Lipinski definition) is 1. The molecule has 25 heavy (non-hydrogen) atoms. The Bertz CT molecular complexity index is 776. The number of aryl methyl sites for hydroxylation is 2. The summed E-state index contributed by atoms with van der Waals surface area (Å²) in [7, 11) is 0. The van der Waals surface area contributed by atoms with Gasteiger partial charge in [0.25, 0.3) is 5.91 Å². The number of piperidine rings is 1. The van der Waals surface area contributed by atoms with Crippen LogP contribution >= 0.6 is 0 Å². The molecule has 1 aliphatic rings. The van der Waals surface area contributed by atoms with Crippen molar-refractivity contribution in [1.29, 1.82) is 0 Å². The minimum atomic E-state index is -0.0292. The van der Waals surface area contributed by atoms with Crippen molar-refractivity contribution in [3.8, 4) is 0 Å². The molecule has 134 valence electrons. The normalized spacial score (nSPS) is 16.2. The van der Waals surface area contributed by atoms with E-state index in [9.17, 15) is 4.79 Å². The number of benzene rings is 1. The molecule has 2 heterocycles. The van der Waals surface area contributed by atoms with Gasteiger partial charge in [-0.15, -0.1) is 0 Å². The fourth-order valence-corrected chi connectivity index (χ4v) is 3.62. The predicted octanol–water partition coefficient (Wildman–Crippen LogP) is 3.85. The molecular weight excluding hydrogens is 310 g/mol. The summed E-state index contributed by atoms with van der Waals surface area (Å²) < 4.78 is 0. The second kappa shape index (κ2) is 7.12. The number of nitrogens with zero attached hydrogens (tertiary/aromatic N) is 2. The van der Waals surface area contributed by atoms with E-state index in [0.29, 0.717) is 12.1 Å². The molecule has 1 N–H and O–H groups in total. The summed E-state index contributed by atoms with van der Waals surface area (Å²) in [6, 6.07) is 8.11. The van der Waals surface area contributed by atoms with Gasteiger partial charge in [-0.2, -0.15) is 0 Å². The molecule has 1 amide bonds. The topological polar surface area (TPSA) is 45.2 Å². The molecule has 1 aromatic carbocycles. The van der Waals surface area contributed by atoms with Crippen molar-refractivity contribution in [3.05, 3.63) is 41.1 Å². The summed E-state index contributed by atoms with van der Waals surface area (Å²) in [5, 5.41) is 4.16. The maximum Gasteiger partial charge on any atom is 0.253 e. The zero-order valence-corrected chi connectivity index (χ0v) is 15.9. The van der Waals surface area contributed by atoms with Gasteiger partial charge in [0.2, 0.25) is 0 Å². The van der Waals surface area contributed by atoms with Crippen LogP contribution in [-0.4, -0.2) is 41.0 Å². The molecule has 1 saturated heterocycles. The van der Waals surface area contributed by atoms with Gasteiger partial charge >= 0.3 is 0 Å². The number of fused-ring (bicyclic) bond motifs is 1. The average molecular weight is 339 g/mol. The molecule has 0 bridgehead atoms. The van der Waals surface area contributed by atoms with Crippen LogP contribution in [0, 0.1) is 13.8 Å². The third-order valence-corrected chi connectivity index (χ3v) is 5.30. The minimum Gasteiger partial charge on any atom is -0.350 e. The van der Waals surface area contributed by atoms with Crippen LogP contribution in [0.3, 0.4) is 0 Å². The minimum absolute atomic E-state index is 0.0230. The Hall–Kier alpha value is -1.94. The Kier molecular flexibility index (Phi) is 5.09. The Morgan fingerprint density at radius 2 is 1.88 bits per heavy atom. The Balaban J connectivity index is 1.74. The largest absolute Gasteiger partial charge is 0.350 e. The molecule has 1 aromatic heterocycles. The lowest BCUT2D eigenvalue weighted by Crippen LogP contribution is -2.53. The summed E-state index contributed by atoms with van der Waals surface area (Å²) in [5.41, 5.74) is 3.55. The van der Waals surface area contributed by atoms with Crippen molar-refractivity contribution in [3.63, 3.8) is 0 Å². The number of likely N-dealkylation sites (tertiary alicyclic amines) is 1. The zero-order chi connectivity index (χ0) is 18.0. The van der Waals surface area contributed by atoms with Crippen molar-refractivity contribution in [2.75, 3.05) is 19.6 Å². The highest BCUT2D eigenvalue weighted by Gasteiger charge is 2.28. The van der Waals surface area contributed by atoms with E-state index < -0.39 is 0 Å². The van der Waals surface area contributed by atoms with E-state index in [-0.39, 0.29) is 11.4 Å². The van der Waals surface area contributed by atoms with Crippen LogP contribution in [0.25, 0.3) is 10.9 Å². The highest BCUT2D eigenvalue weighted by molar-refractivity contribution is 5.98. The van der Waals surface area contributed by atoms with E-state index in [0.717, 1.165) is 29.7 Å². The van der Waals surface area contributed by atoms with Crippen LogP contribution < -0.4 is 5.32 Å². The maximum atomic E-state index is 12.8. The Morgan fingerprint density at radius 3 is 2.60 bits per heavy atom. The molecule has 0 radical (unpaired) electrons. The van der Waals surface area contributed by atoms with E-state index >= 15 is 0 Å². The highest BCUT2D eigenvalue weighted by atomic mass is 16.1. The quantitative estimate of drug-likeness (QED) is 0.920. The van der Waals surface area contributed by atoms with Crippen LogP contribution in [0.5, 0.6) is 0 Å². The van der Waals surface area contributed by atoms with Gasteiger partial charge < -0.3 is 5.32 Å². The van der Waals surface area contributed by atoms with Gasteiger partial charge in [-0.1, -0.05) is 18.1 Å². The summed E-state index contributed by atoms with van der Waals surface area (Å²) >= 11 is 0. The van der Waals surface area contributed by atoms with E-state index in [1.54, 1.807) is 0 Å². The van der Waals surface area contributed by atoms with Gasteiger partial charge in [0.05, 0.1) is 16.8 Å². The first-order valence-corrected chi connectivity index (χ1v) is 9.28. The highest BCUT2D eigenvalue weighted by Crippen LogP contribution is 2.21. The molecule has 0 atom stereocenters. The molecule has 4 heteroatoms. The number of amides is 1. The SMILES string of the molecule is Cc1ccc2nc(C)c(C(=O)NCC(C)(C)N3CCCCC3)cc2c1. The smallest absolute Gasteiger partial charge is 0.253 e. The third-order valence-electron chi connectivity index (χ3n) is 5.30. The standard InChI is InChI=1S/C21H29N3O/c1-15-8-9-19-17(12-15)13-18(16(2)23-19)20(25)22-14-21(3,4)24-10-6-5-7-11-24/h8-9,12-13H,5-7,10-11,14H2,1-4H3,(H,22,25). The first-order valence-electron chi connectivity index (χ1n) is 9.28. The first-order chi connectivity index (χ1) is 11.9. The molecule has 1 fully saturated rings. The third kappa shape index (κ3) is 4.01. The zero-order valence-electron chi connectivity index (χ0n) is 15.9. The number of nitrogens with one attached hydrogen (secondary N) is 1. The van der Waals surface area contributed by atoms with E-state index in [1.165, 1.54) is 24.8 Å². The lowest BCUT2D eigenvalue weighted by Gasteiger charge is -2.41. The van der Waals surface area contributed by atoms with Gasteiger partial charge in [-0.3, -0.25) is 14.7 Å². The van der Waals surface area contributed by atoms with Crippen LogP contribution in [-0.2, 0) is 0 Å². The second-order valence-electron chi connectivity index (χ2n) is 7.86. The molecule has 0 unspecified atom stereocenters. The Labute approximate surface area is 150 Å². The van der Waals surface area contributed by atoms with Crippen LogP contribution in [0.2, 0.25) is 0 Å². The van der Waals surface area contributed by atoms with Crippen molar-refractivity contribution in [2.24, 2.45) is 0 Å². The number of hydrogen-bond acceptors (Lipinski definition) is 3. The van der Waals surface area contributed by atoms with E-state index in [1.807, 2.05) is 19.1 Å². The Morgan fingerprint density at radius 1 is 1.16 bits per heavy atom. The van der Waals surface area contributed by atoms with Gasteiger partial charge in [0.15, 0.2) is 0 Å². The second-order valence-corrected chi connectivity index (χ2v) is 7.86. The summed E-state index contributed by atoms with van der Waals surface area (Å²) in [6.45, 7) is 11.3.